The fraction of sp³-hybridized carbons (Fsp3) is 0.214. The van der Waals surface area contributed by atoms with Crippen LogP contribution in [0, 0.1) is 6.92 Å². The van der Waals surface area contributed by atoms with E-state index >= 15 is 0 Å². The summed E-state index contributed by atoms with van der Waals surface area (Å²) in [6.07, 6.45) is 0. The second kappa shape index (κ2) is 7.33. The van der Waals surface area contributed by atoms with Crippen LogP contribution in [-0.4, -0.2) is 32.5 Å². The Morgan fingerprint density at radius 2 is 1.90 bits per heavy atom. The molecule has 2 N–H and O–H groups in total. The van der Waals surface area contributed by atoms with E-state index in [1.807, 2.05) is 30.3 Å². The number of nitrogens with zero attached hydrogens (tertiary/aromatic N) is 1. The number of H-pyrrole nitrogens is 1. The zero-order valence-electron chi connectivity index (χ0n) is 11.3. The first-order chi connectivity index (χ1) is 10.1. The van der Waals surface area contributed by atoms with Gasteiger partial charge >= 0.3 is 11.7 Å². The number of benzene rings is 1. The maximum Gasteiger partial charge on any atom is 0.346 e. The molecule has 0 bridgehead atoms. The summed E-state index contributed by atoms with van der Waals surface area (Å²) >= 11 is 2.97. The third-order valence-electron chi connectivity index (χ3n) is 2.63. The van der Waals surface area contributed by atoms with Crippen LogP contribution in [0.3, 0.4) is 0 Å². The van der Waals surface area contributed by atoms with Gasteiger partial charge in [-0.25, -0.2) is 9.59 Å². The lowest BCUT2D eigenvalue weighted by atomic mass is 10.2. The molecule has 0 aliphatic heterocycles. The molecule has 7 heteroatoms. The van der Waals surface area contributed by atoms with E-state index in [0.717, 1.165) is 10.6 Å². The lowest BCUT2D eigenvalue weighted by Crippen LogP contribution is -2.18. The first-order valence-corrected chi connectivity index (χ1v) is 8.20. The first-order valence-electron chi connectivity index (χ1n) is 6.23. The van der Waals surface area contributed by atoms with Crippen LogP contribution >= 0.6 is 23.5 Å². The van der Waals surface area contributed by atoms with Gasteiger partial charge in [-0.15, -0.1) is 23.5 Å². The molecule has 1 aromatic carbocycles. The molecule has 0 fully saturated rings. The lowest BCUT2D eigenvalue weighted by Gasteiger charge is -2.06. The van der Waals surface area contributed by atoms with Gasteiger partial charge in [-0.1, -0.05) is 18.2 Å². The Balaban J connectivity index is 2.00. The molecule has 0 aliphatic rings. The highest BCUT2D eigenvalue weighted by Crippen LogP contribution is 2.24. The van der Waals surface area contributed by atoms with Gasteiger partial charge in [0.1, 0.15) is 10.6 Å². The molecule has 21 heavy (non-hydrogen) atoms. The largest absolute Gasteiger partial charge is 0.478 e. The standard InChI is InChI=1S/C14H14N2O3S2/c1-9-11(13(17)18)12(16-14(19)15-9)21-8-7-20-10-5-3-2-4-6-10/h2-6H,7-8H2,1H3,(H,17,18)(H,15,16,19). The molecule has 0 aliphatic carbocycles. The smallest absolute Gasteiger partial charge is 0.346 e. The predicted octanol–water partition coefficient (Wildman–Crippen LogP) is 2.66. The van der Waals surface area contributed by atoms with Crippen LogP contribution in [-0.2, 0) is 0 Å². The maximum atomic E-state index is 11.4. The van der Waals surface area contributed by atoms with Crippen LogP contribution in [0.15, 0.2) is 45.0 Å². The number of aromatic amines is 1. The van der Waals surface area contributed by atoms with E-state index in [2.05, 4.69) is 9.97 Å². The molecule has 0 radical (unpaired) electrons. The van der Waals surface area contributed by atoms with E-state index in [-0.39, 0.29) is 10.6 Å². The number of hydrogen-bond donors (Lipinski definition) is 2. The Labute approximate surface area is 130 Å². The van der Waals surface area contributed by atoms with Crippen LogP contribution in [0.4, 0.5) is 0 Å². The molecular weight excluding hydrogens is 308 g/mol. The average molecular weight is 322 g/mol. The molecule has 1 heterocycles. The van der Waals surface area contributed by atoms with Crippen LogP contribution in [0.1, 0.15) is 16.1 Å². The summed E-state index contributed by atoms with van der Waals surface area (Å²) in [5.74, 6) is 0.409. The monoisotopic (exact) mass is 322 g/mol. The number of carboxylic acids is 1. The van der Waals surface area contributed by atoms with Crippen molar-refractivity contribution in [2.45, 2.75) is 16.8 Å². The van der Waals surface area contributed by atoms with Crippen molar-refractivity contribution in [3.63, 3.8) is 0 Å². The fourth-order valence-corrected chi connectivity index (χ4v) is 3.71. The minimum atomic E-state index is -1.07. The number of aryl methyl sites for hydroxylation is 1. The number of carboxylic acid groups (broad SMARTS) is 1. The number of hydrogen-bond acceptors (Lipinski definition) is 5. The van der Waals surface area contributed by atoms with Crippen LogP contribution in [0.25, 0.3) is 0 Å². The highest BCUT2D eigenvalue weighted by atomic mass is 32.2. The van der Waals surface area contributed by atoms with Crippen molar-refractivity contribution in [2.24, 2.45) is 0 Å². The van der Waals surface area contributed by atoms with E-state index in [0.29, 0.717) is 11.4 Å². The highest BCUT2D eigenvalue weighted by Gasteiger charge is 2.16. The van der Waals surface area contributed by atoms with E-state index in [9.17, 15) is 14.7 Å². The van der Waals surface area contributed by atoms with Crippen molar-refractivity contribution in [2.75, 3.05) is 11.5 Å². The van der Waals surface area contributed by atoms with Crippen molar-refractivity contribution >= 4 is 29.5 Å². The lowest BCUT2D eigenvalue weighted by molar-refractivity contribution is 0.0690. The molecule has 2 aromatic rings. The van der Waals surface area contributed by atoms with E-state index in [1.54, 1.807) is 18.7 Å². The summed E-state index contributed by atoms with van der Waals surface area (Å²) in [6.45, 7) is 1.56. The number of nitrogens with one attached hydrogen (secondary N) is 1. The average Bonchev–Trinajstić information content (AvgIpc) is 2.43. The second-order valence-electron chi connectivity index (χ2n) is 4.16. The zero-order chi connectivity index (χ0) is 15.2. The quantitative estimate of drug-likeness (QED) is 0.483. The molecular formula is C14H14N2O3S2. The first kappa shape index (κ1) is 15.7. The fourth-order valence-electron chi connectivity index (χ4n) is 1.73. The van der Waals surface area contributed by atoms with Gasteiger partial charge in [-0.05, 0) is 19.1 Å². The third kappa shape index (κ3) is 4.37. The van der Waals surface area contributed by atoms with Crippen molar-refractivity contribution < 1.29 is 9.90 Å². The van der Waals surface area contributed by atoms with Crippen molar-refractivity contribution in [1.82, 2.24) is 9.97 Å². The van der Waals surface area contributed by atoms with E-state index in [1.165, 1.54) is 11.8 Å². The summed E-state index contributed by atoms with van der Waals surface area (Å²) < 4.78 is 0. The van der Waals surface area contributed by atoms with Crippen LogP contribution in [0.2, 0.25) is 0 Å². The Bertz CT molecular complexity index is 686. The number of thioether (sulfide) groups is 2. The normalized spacial score (nSPS) is 10.5. The molecule has 110 valence electrons. The second-order valence-corrected chi connectivity index (χ2v) is 6.41. The minimum Gasteiger partial charge on any atom is -0.478 e. The van der Waals surface area contributed by atoms with Crippen LogP contribution in [0.5, 0.6) is 0 Å². The zero-order valence-corrected chi connectivity index (χ0v) is 13.0. The predicted molar refractivity (Wildman–Crippen MR) is 84.4 cm³/mol. The van der Waals surface area contributed by atoms with E-state index in [4.69, 9.17) is 0 Å². The Kier molecular flexibility index (Phi) is 5.46. The summed E-state index contributed by atoms with van der Waals surface area (Å²) in [4.78, 5) is 29.9. The highest BCUT2D eigenvalue weighted by molar-refractivity contribution is 8.03. The van der Waals surface area contributed by atoms with Crippen molar-refractivity contribution in [3.05, 3.63) is 52.1 Å². The van der Waals surface area contributed by atoms with Gasteiger partial charge in [0.05, 0.1) is 0 Å². The number of aromatic nitrogens is 2. The van der Waals surface area contributed by atoms with Gasteiger partial charge in [-0.2, -0.15) is 4.98 Å². The van der Waals surface area contributed by atoms with Gasteiger partial charge in [0.25, 0.3) is 0 Å². The molecule has 0 spiro atoms. The molecule has 0 unspecified atom stereocenters. The Morgan fingerprint density at radius 3 is 2.57 bits per heavy atom. The van der Waals surface area contributed by atoms with Gasteiger partial charge in [0.15, 0.2) is 0 Å². The SMILES string of the molecule is Cc1[nH]c(=O)nc(SCCSc2ccccc2)c1C(=O)O. The number of carbonyl (C=O) groups is 1. The van der Waals surface area contributed by atoms with Gasteiger partial charge in [0.2, 0.25) is 0 Å². The molecule has 1 aromatic heterocycles. The molecule has 2 rings (SSSR count). The summed E-state index contributed by atoms with van der Waals surface area (Å²) in [5.41, 5.74) is -0.110. The summed E-state index contributed by atoms with van der Waals surface area (Å²) in [5, 5.41) is 9.47. The van der Waals surface area contributed by atoms with Crippen molar-refractivity contribution in [3.8, 4) is 0 Å². The minimum absolute atomic E-state index is 0.0734. The van der Waals surface area contributed by atoms with Gasteiger partial charge in [-0.3, -0.25) is 0 Å². The Hall–Kier alpha value is -1.73. The van der Waals surface area contributed by atoms with Crippen LogP contribution < -0.4 is 5.69 Å². The molecule has 5 nitrogen and oxygen atoms in total. The molecule has 0 atom stereocenters. The Morgan fingerprint density at radius 1 is 1.24 bits per heavy atom. The number of rotatable bonds is 6. The molecule has 0 saturated heterocycles. The molecule has 0 amide bonds. The molecule has 0 saturated carbocycles. The van der Waals surface area contributed by atoms with Gasteiger partial charge in [0, 0.05) is 22.1 Å². The summed E-state index contributed by atoms with van der Waals surface area (Å²) in [6, 6.07) is 9.95. The van der Waals surface area contributed by atoms with E-state index < -0.39 is 11.7 Å². The topological polar surface area (TPSA) is 83.0 Å². The maximum absolute atomic E-state index is 11.4. The van der Waals surface area contributed by atoms with Gasteiger partial charge < -0.3 is 10.1 Å². The summed E-state index contributed by atoms with van der Waals surface area (Å²) in [7, 11) is 0. The van der Waals surface area contributed by atoms with Crippen molar-refractivity contribution in [1.29, 1.82) is 0 Å². The number of aromatic carboxylic acids is 1. The third-order valence-corrected chi connectivity index (χ3v) is 4.88.